The summed E-state index contributed by atoms with van der Waals surface area (Å²) >= 11 is 2.81. The average molecular weight is 471 g/mol. The van der Waals surface area contributed by atoms with Gasteiger partial charge in [-0.15, -0.1) is 11.3 Å². The maximum atomic E-state index is 12.7. The molecule has 1 N–H and O–H groups in total. The third kappa shape index (κ3) is 4.77. The van der Waals surface area contributed by atoms with Gasteiger partial charge in [-0.3, -0.25) is 19.8 Å². The van der Waals surface area contributed by atoms with E-state index in [9.17, 15) is 9.59 Å². The molecule has 0 atom stereocenters. The van der Waals surface area contributed by atoms with E-state index in [2.05, 4.69) is 21.3 Å². The van der Waals surface area contributed by atoms with Gasteiger partial charge in [0.15, 0.2) is 16.6 Å². The van der Waals surface area contributed by atoms with Crippen LogP contribution in [0.1, 0.15) is 21.6 Å². The van der Waals surface area contributed by atoms with Crippen LogP contribution in [0.3, 0.4) is 0 Å². The van der Waals surface area contributed by atoms with Crippen LogP contribution in [-0.2, 0) is 17.8 Å². The van der Waals surface area contributed by atoms with Gasteiger partial charge >= 0.3 is 0 Å². The molecule has 4 heterocycles. The van der Waals surface area contributed by atoms with Crippen LogP contribution in [0.15, 0.2) is 40.4 Å². The van der Waals surface area contributed by atoms with Crippen molar-refractivity contribution in [1.82, 2.24) is 14.8 Å². The summed E-state index contributed by atoms with van der Waals surface area (Å²) in [6.45, 7) is 4.11. The predicted molar refractivity (Wildman–Crippen MR) is 123 cm³/mol. The summed E-state index contributed by atoms with van der Waals surface area (Å²) in [5.74, 6) is 1.47. The van der Waals surface area contributed by atoms with Crippen LogP contribution < -0.4 is 14.8 Å². The van der Waals surface area contributed by atoms with Crippen LogP contribution in [0.5, 0.6) is 11.5 Å². The number of fused-ring (bicyclic) bond motifs is 1. The molecule has 2 aromatic heterocycles. The highest BCUT2D eigenvalue weighted by Gasteiger charge is 2.23. The van der Waals surface area contributed by atoms with E-state index in [1.165, 1.54) is 28.2 Å². The molecule has 1 fully saturated rings. The largest absolute Gasteiger partial charge is 0.454 e. The summed E-state index contributed by atoms with van der Waals surface area (Å²) in [4.78, 5) is 33.5. The van der Waals surface area contributed by atoms with Crippen LogP contribution in [0.4, 0.5) is 5.13 Å². The Bertz CT molecular complexity index is 1110. The highest BCUT2D eigenvalue weighted by molar-refractivity contribution is 7.14. The average Bonchev–Trinajstić information content (AvgIpc) is 3.56. The molecule has 0 saturated carbocycles. The molecule has 2 aliphatic heterocycles. The highest BCUT2D eigenvalue weighted by atomic mass is 32.1. The number of nitrogens with one attached hydrogen (secondary N) is 1. The van der Waals surface area contributed by atoms with Crippen molar-refractivity contribution >= 4 is 39.6 Å². The smallest absolute Gasteiger partial charge is 0.258 e. The molecule has 1 saturated heterocycles. The van der Waals surface area contributed by atoms with E-state index in [1.54, 1.807) is 11.4 Å². The Morgan fingerprint density at radius 2 is 1.91 bits per heavy atom. The van der Waals surface area contributed by atoms with Gasteiger partial charge in [0.2, 0.25) is 12.7 Å². The van der Waals surface area contributed by atoms with Gasteiger partial charge in [-0.1, -0.05) is 6.07 Å². The van der Waals surface area contributed by atoms with Gasteiger partial charge in [0, 0.05) is 43.5 Å². The summed E-state index contributed by atoms with van der Waals surface area (Å²) in [5, 5.41) is 8.78. The third-order valence-corrected chi connectivity index (χ3v) is 6.95. The number of amides is 2. The molecule has 0 aliphatic carbocycles. The van der Waals surface area contributed by atoms with E-state index in [-0.39, 0.29) is 25.0 Å². The number of carbonyl (C=O) groups excluding carboxylic acids is 2. The molecule has 5 rings (SSSR count). The minimum absolute atomic E-state index is 0.0636. The number of hydrogen-bond donors (Lipinski definition) is 1. The second-order valence-electron chi connectivity index (χ2n) is 7.63. The van der Waals surface area contributed by atoms with E-state index in [4.69, 9.17) is 9.47 Å². The highest BCUT2D eigenvalue weighted by Crippen LogP contribution is 2.32. The minimum atomic E-state index is -0.183. The molecule has 32 heavy (non-hydrogen) atoms. The van der Waals surface area contributed by atoms with Crippen molar-refractivity contribution in [2.75, 3.05) is 38.3 Å². The standard InChI is InChI=1S/C22H22N4O4S2/c27-20(10-17-13-32-22(23-17)24-21(28)16-3-8-31-12-16)26-6-4-25(5-7-26)11-15-1-2-18-19(9-15)30-14-29-18/h1-3,8-9,12-13H,4-7,10-11,14H2,(H,23,24,28). The number of piperazine rings is 1. The molecule has 2 aliphatic rings. The van der Waals surface area contributed by atoms with Crippen LogP contribution in [-0.4, -0.2) is 59.6 Å². The summed E-state index contributed by atoms with van der Waals surface area (Å²) in [7, 11) is 0. The lowest BCUT2D eigenvalue weighted by atomic mass is 10.1. The van der Waals surface area contributed by atoms with Crippen molar-refractivity contribution in [3.8, 4) is 11.5 Å². The molecule has 3 aromatic rings. The third-order valence-electron chi connectivity index (χ3n) is 5.46. The van der Waals surface area contributed by atoms with Gasteiger partial charge < -0.3 is 14.4 Å². The topological polar surface area (TPSA) is 84.0 Å². The quantitative estimate of drug-likeness (QED) is 0.596. The van der Waals surface area contributed by atoms with Crippen molar-refractivity contribution < 1.29 is 19.1 Å². The molecule has 10 heteroatoms. The maximum absolute atomic E-state index is 12.7. The zero-order chi connectivity index (χ0) is 21.9. The number of thiophene rings is 1. The number of anilines is 1. The number of nitrogens with zero attached hydrogens (tertiary/aromatic N) is 3. The lowest BCUT2D eigenvalue weighted by Gasteiger charge is -2.34. The lowest BCUT2D eigenvalue weighted by Crippen LogP contribution is -2.48. The number of rotatable bonds is 6. The molecular weight excluding hydrogens is 448 g/mol. The minimum Gasteiger partial charge on any atom is -0.454 e. The molecule has 8 nitrogen and oxygen atoms in total. The van der Waals surface area contributed by atoms with Gasteiger partial charge in [-0.05, 0) is 29.1 Å². The fraction of sp³-hybridized carbons (Fsp3) is 0.318. The number of carbonyl (C=O) groups is 2. The van der Waals surface area contributed by atoms with Crippen molar-refractivity contribution in [2.45, 2.75) is 13.0 Å². The molecule has 0 unspecified atom stereocenters. The van der Waals surface area contributed by atoms with Gasteiger partial charge in [0.1, 0.15) is 0 Å². The molecule has 0 radical (unpaired) electrons. The monoisotopic (exact) mass is 470 g/mol. The molecule has 0 spiro atoms. The SMILES string of the molecule is O=C(Nc1nc(CC(=O)N2CCN(Cc3ccc4c(c3)OCO4)CC2)cs1)c1ccsc1. The van der Waals surface area contributed by atoms with E-state index < -0.39 is 0 Å². The Labute approximate surface area is 193 Å². The van der Waals surface area contributed by atoms with Gasteiger partial charge in [0.05, 0.1) is 17.7 Å². The summed E-state index contributed by atoms with van der Waals surface area (Å²) in [6, 6.07) is 7.80. The fourth-order valence-electron chi connectivity index (χ4n) is 3.73. The molecule has 1 aromatic carbocycles. The van der Waals surface area contributed by atoms with Crippen molar-refractivity contribution in [3.05, 3.63) is 57.2 Å². The molecule has 166 valence electrons. The van der Waals surface area contributed by atoms with E-state index in [0.717, 1.165) is 31.1 Å². The van der Waals surface area contributed by atoms with Gasteiger partial charge in [0.25, 0.3) is 5.91 Å². The Hall–Kier alpha value is -2.95. The van der Waals surface area contributed by atoms with Crippen LogP contribution in [0, 0.1) is 0 Å². The predicted octanol–water partition coefficient (Wildman–Crippen LogP) is 3.07. The van der Waals surface area contributed by atoms with E-state index >= 15 is 0 Å². The van der Waals surface area contributed by atoms with Gasteiger partial charge in [-0.2, -0.15) is 11.3 Å². The van der Waals surface area contributed by atoms with E-state index in [1.807, 2.05) is 27.8 Å². The van der Waals surface area contributed by atoms with Gasteiger partial charge in [-0.25, -0.2) is 4.98 Å². The first-order valence-electron chi connectivity index (χ1n) is 10.3. The second-order valence-corrected chi connectivity index (χ2v) is 9.27. The Balaban J connectivity index is 1.09. The molecule has 2 amide bonds. The Morgan fingerprint density at radius 1 is 1.06 bits per heavy atom. The first-order valence-corrected chi connectivity index (χ1v) is 12.1. The number of aromatic nitrogens is 1. The summed E-state index contributed by atoms with van der Waals surface area (Å²) in [6.07, 6.45) is 0.243. The van der Waals surface area contributed by atoms with E-state index in [0.29, 0.717) is 29.5 Å². The second kappa shape index (κ2) is 9.27. The number of benzene rings is 1. The maximum Gasteiger partial charge on any atom is 0.258 e. The van der Waals surface area contributed by atoms with Crippen LogP contribution in [0.25, 0.3) is 0 Å². The summed E-state index contributed by atoms with van der Waals surface area (Å²) < 4.78 is 10.8. The Kier molecular flexibility index (Phi) is 6.06. The van der Waals surface area contributed by atoms with Crippen LogP contribution >= 0.6 is 22.7 Å². The number of hydrogen-bond acceptors (Lipinski definition) is 8. The fourth-order valence-corrected chi connectivity index (χ4v) is 5.07. The zero-order valence-electron chi connectivity index (χ0n) is 17.3. The van der Waals surface area contributed by atoms with Crippen LogP contribution in [0.2, 0.25) is 0 Å². The van der Waals surface area contributed by atoms with Crippen molar-refractivity contribution in [3.63, 3.8) is 0 Å². The molecule has 0 bridgehead atoms. The normalized spacial score (nSPS) is 15.7. The molecular formula is C22H22N4O4S2. The van der Waals surface area contributed by atoms with Crippen molar-refractivity contribution in [2.24, 2.45) is 0 Å². The lowest BCUT2D eigenvalue weighted by molar-refractivity contribution is -0.132. The zero-order valence-corrected chi connectivity index (χ0v) is 18.9. The Morgan fingerprint density at radius 3 is 2.72 bits per heavy atom. The summed E-state index contributed by atoms with van der Waals surface area (Å²) in [5.41, 5.74) is 2.47. The first-order chi connectivity index (χ1) is 15.6. The first kappa shape index (κ1) is 20.9. The number of ether oxygens (including phenoxy) is 2. The number of thiazole rings is 1. The van der Waals surface area contributed by atoms with Crippen molar-refractivity contribution in [1.29, 1.82) is 0 Å².